The summed E-state index contributed by atoms with van der Waals surface area (Å²) in [5.74, 6) is 1.01. The molecule has 0 fully saturated rings. The average Bonchev–Trinajstić information content (AvgIpc) is 2.74. The molecule has 1 heterocycles. The number of rotatable bonds is 3. The third-order valence-electron chi connectivity index (χ3n) is 4.11. The Morgan fingerprint density at radius 1 is 0.667 bits per heavy atom. The molecule has 0 N–H and O–H groups in total. The van der Waals surface area contributed by atoms with Crippen LogP contribution in [-0.4, -0.2) is 15.0 Å². The van der Waals surface area contributed by atoms with Gasteiger partial charge >= 0.3 is 0 Å². The maximum absolute atomic E-state index is 9.19. The van der Waals surface area contributed by atoms with Crippen LogP contribution in [-0.2, 0) is 0 Å². The van der Waals surface area contributed by atoms with E-state index in [1.807, 2.05) is 72.8 Å². The zero-order valence-corrected chi connectivity index (χ0v) is 14.9. The highest BCUT2D eigenvalue weighted by Gasteiger charge is 2.13. The van der Waals surface area contributed by atoms with Gasteiger partial charge in [0.1, 0.15) is 0 Å². The second-order valence-electron chi connectivity index (χ2n) is 5.86. The van der Waals surface area contributed by atoms with Crippen molar-refractivity contribution in [3.05, 3.63) is 89.7 Å². The van der Waals surface area contributed by atoms with Crippen LogP contribution in [0.2, 0.25) is 5.28 Å². The summed E-state index contributed by atoms with van der Waals surface area (Å²) in [5.41, 5.74) is 4.14. The van der Waals surface area contributed by atoms with E-state index in [4.69, 9.17) is 11.6 Å². The van der Waals surface area contributed by atoms with Gasteiger partial charge < -0.3 is 0 Å². The number of nitrogens with zero attached hydrogens (tertiary/aromatic N) is 4. The first kappa shape index (κ1) is 16.9. The van der Waals surface area contributed by atoms with Crippen molar-refractivity contribution < 1.29 is 0 Å². The van der Waals surface area contributed by atoms with Crippen LogP contribution >= 0.6 is 11.6 Å². The molecule has 4 nitrogen and oxygen atoms in total. The molecule has 0 saturated heterocycles. The van der Waals surface area contributed by atoms with Gasteiger partial charge in [-0.3, -0.25) is 0 Å². The van der Waals surface area contributed by atoms with Crippen molar-refractivity contribution in [2.24, 2.45) is 0 Å². The lowest BCUT2D eigenvalue weighted by atomic mass is 9.98. The Labute approximate surface area is 161 Å². The Kier molecular flexibility index (Phi) is 4.61. The molecule has 4 rings (SSSR count). The maximum atomic E-state index is 9.19. The highest BCUT2D eigenvalue weighted by molar-refractivity contribution is 6.28. The highest BCUT2D eigenvalue weighted by atomic mass is 35.5. The number of hydrogen-bond donors (Lipinski definition) is 0. The topological polar surface area (TPSA) is 62.5 Å². The van der Waals surface area contributed by atoms with Gasteiger partial charge in [-0.05, 0) is 34.9 Å². The van der Waals surface area contributed by atoms with Gasteiger partial charge in [0, 0.05) is 11.1 Å². The molecule has 5 heteroatoms. The zero-order valence-electron chi connectivity index (χ0n) is 14.2. The first-order valence-electron chi connectivity index (χ1n) is 8.31. The summed E-state index contributed by atoms with van der Waals surface area (Å²) in [6, 6.07) is 27.0. The normalized spacial score (nSPS) is 10.4. The molecule has 0 saturated carbocycles. The lowest BCUT2D eigenvalue weighted by Crippen LogP contribution is -1.98. The van der Waals surface area contributed by atoms with E-state index >= 15 is 0 Å². The molecule has 4 aromatic rings. The molecule has 0 aliphatic rings. The van der Waals surface area contributed by atoms with Gasteiger partial charge in [0.25, 0.3) is 0 Å². The number of benzene rings is 3. The standard InChI is InChI=1S/C22H13ClN4/c23-22-26-20(16-8-2-1-3-9-16)25-21(27-22)19-12-5-4-11-18(19)17-10-6-7-15(13-17)14-24/h1-13H. The molecular formula is C22H13ClN4. The minimum Gasteiger partial charge on any atom is -0.208 e. The molecule has 27 heavy (non-hydrogen) atoms. The zero-order chi connectivity index (χ0) is 18.6. The van der Waals surface area contributed by atoms with E-state index in [1.54, 1.807) is 6.07 Å². The van der Waals surface area contributed by atoms with E-state index in [1.165, 1.54) is 0 Å². The number of aromatic nitrogens is 3. The van der Waals surface area contributed by atoms with E-state index in [9.17, 15) is 5.26 Å². The van der Waals surface area contributed by atoms with Gasteiger partial charge in [-0.2, -0.15) is 15.2 Å². The average molecular weight is 369 g/mol. The van der Waals surface area contributed by atoms with Crippen molar-refractivity contribution in [2.75, 3.05) is 0 Å². The minimum atomic E-state index is 0.138. The quantitative estimate of drug-likeness (QED) is 0.486. The van der Waals surface area contributed by atoms with Gasteiger partial charge in [-0.1, -0.05) is 66.7 Å². The summed E-state index contributed by atoms with van der Waals surface area (Å²) >= 11 is 6.19. The van der Waals surface area contributed by atoms with Crippen LogP contribution < -0.4 is 0 Å². The lowest BCUT2D eigenvalue weighted by molar-refractivity contribution is 1.07. The van der Waals surface area contributed by atoms with Gasteiger partial charge in [0.05, 0.1) is 11.6 Å². The molecule has 128 valence electrons. The van der Waals surface area contributed by atoms with E-state index < -0.39 is 0 Å². The maximum Gasteiger partial charge on any atom is 0.226 e. The fourth-order valence-corrected chi connectivity index (χ4v) is 3.03. The molecule has 0 unspecified atom stereocenters. The Morgan fingerprint density at radius 3 is 2.11 bits per heavy atom. The van der Waals surface area contributed by atoms with Gasteiger partial charge in [-0.15, -0.1) is 0 Å². The van der Waals surface area contributed by atoms with E-state index in [2.05, 4.69) is 21.0 Å². The van der Waals surface area contributed by atoms with E-state index in [0.717, 1.165) is 22.3 Å². The van der Waals surface area contributed by atoms with Gasteiger partial charge in [-0.25, -0.2) is 4.98 Å². The van der Waals surface area contributed by atoms with Crippen molar-refractivity contribution >= 4 is 11.6 Å². The molecule has 0 aliphatic heterocycles. The molecular weight excluding hydrogens is 356 g/mol. The molecule has 3 aromatic carbocycles. The number of halogens is 1. The van der Waals surface area contributed by atoms with Crippen molar-refractivity contribution in [2.45, 2.75) is 0 Å². The van der Waals surface area contributed by atoms with Crippen LogP contribution in [0.15, 0.2) is 78.9 Å². The van der Waals surface area contributed by atoms with Crippen molar-refractivity contribution in [3.63, 3.8) is 0 Å². The summed E-state index contributed by atoms with van der Waals surface area (Å²) < 4.78 is 0. The summed E-state index contributed by atoms with van der Waals surface area (Å²) in [7, 11) is 0. The second-order valence-corrected chi connectivity index (χ2v) is 6.19. The third-order valence-corrected chi connectivity index (χ3v) is 4.28. The summed E-state index contributed by atoms with van der Waals surface area (Å²) in [4.78, 5) is 13.2. The fraction of sp³-hybridized carbons (Fsp3) is 0. The molecule has 0 radical (unpaired) electrons. The molecule has 0 bridgehead atoms. The lowest BCUT2D eigenvalue weighted by Gasteiger charge is -2.10. The smallest absolute Gasteiger partial charge is 0.208 e. The third kappa shape index (κ3) is 3.55. The molecule has 0 amide bonds. The van der Waals surface area contributed by atoms with Gasteiger partial charge in [0.2, 0.25) is 5.28 Å². The van der Waals surface area contributed by atoms with Crippen LogP contribution in [0.5, 0.6) is 0 Å². The molecule has 1 aromatic heterocycles. The largest absolute Gasteiger partial charge is 0.226 e. The second kappa shape index (κ2) is 7.36. The monoisotopic (exact) mass is 368 g/mol. The predicted molar refractivity (Wildman–Crippen MR) is 106 cm³/mol. The van der Waals surface area contributed by atoms with Crippen molar-refractivity contribution in [3.8, 4) is 40.0 Å². The summed E-state index contributed by atoms with van der Waals surface area (Å²) in [6.45, 7) is 0. The Balaban J connectivity index is 1.88. The number of hydrogen-bond acceptors (Lipinski definition) is 4. The van der Waals surface area contributed by atoms with Crippen molar-refractivity contribution in [1.29, 1.82) is 5.26 Å². The Morgan fingerprint density at radius 2 is 1.33 bits per heavy atom. The molecule has 0 spiro atoms. The van der Waals surface area contributed by atoms with Gasteiger partial charge in [0.15, 0.2) is 11.6 Å². The van der Waals surface area contributed by atoms with Crippen molar-refractivity contribution in [1.82, 2.24) is 15.0 Å². The summed E-state index contributed by atoms with van der Waals surface area (Å²) in [6.07, 6.45) is 0. The van der Waals surface area contributed by atoms with Crippen LogP contribution in [0, 0.1) is 11.3 Å². The molecule has 0 aliphatic carbocycles. The van der Waals surface area contributed by atoms with Crippen LogP contribution in [0.3, 0.4) is 0 Å². The van der Waals surface area contributed by atoms with Crippen LogP contribution in [0.4, 0.5) is 0 Å². The fourth-order valence-electron chi connectivity index (χ4n) is 2.87. The van der Waals surface area contributed by atoms with E-state index in [0.29, 0.717) is 17.2 Å². The van der Waals surface area contributed by atoms with Crippen LogP contribution in [0.1, 0.15) is 5.56 Å². The first-order valence-corrected chi connectivity index (χ1v) is 8.69. The van der Waals surface area contributed by atoms with E-state index in [-0.39, 0.29) is 5.28 Å². The minimum absolute atomic E-state index is 0.138. The highest BCUT2D eigenvalue weighted by Crippen LogP contribution is 2.31. The Hall–Kier alpha value is -3.55. The van der Waals surface area contributed by atoms with Crippen LogP contribution in [0.25, 0.3) is 33.9 Å². The molecule has 0 atom stereocenters. The SMILES string of the molecule is N#Cc1cccc(-c2ccccc2-c2nc(Cl)nc(-c3ccccc3)n2)c1. The Bertz CT molecular complexity index is 1150. The summed E-state index contributed by atoms with van der Waals surface area (Å²) in [5, 5.41) is 9.33. The predicted octanol–water partition coefficient (Wildman–Crippen LogP) is 5.40. The number of nitriles is 1. The first-order chi connectivity index (χ1) is 13.2.